The molecule has 0 aromatic heterocycles. The molecule has 4 aliphatic rings. The summed E-state index contributed by atoms with van der Waals surface area (Å²) >= 11 is 0. The van der Waals surface area contributed by atoms with Crippen LogP contribution in [0.4, 0.5) is 0 Å². The third kappa shape index (κ3) is 5.15. The van der Waals surface area contributed by atoms with Crippen LogP contribution in [-0.2, 0) is 16.2 Å². The zero-order chi connectivity index (χ0) is 22.7. The van der Waals surface area contributed by atoms with Gasteiger partial charge < -0.3 is 19.6 Å². The summed E-state index contributed by atoms with van der Waals surface area (Å²) in [6.45, 7) is 0.403. The van der Waals surface area contributed by atoms with Gasteiger partial charge in [-0.15, -0.1) is 0 Å². The number of carbonyl (C=O) groups is 1. The molecular weight excluding hydrogens is 416 g/mol. The molecule has 4 bridgehead atoms. The van der Waals surface area contributed by atoms with Crippen molar-refractivity contribution in [2.24, 2.45) is 22.9 Å². The molecule has 6 nitrogen and oxygen atoms in total. The summed E-state index contributed by atoms with van der Waals surface area (Å²) in [5.74, 6) is 3.60. The van der Waals surface area contributed by atoms with E-state index in [1.54, 1.807) is 13.3 Å². The Bertz CT molecular complexity index is 969. The zero-order valence-corrected chi connectivity index (χ0v) is 19.2. The number of ether oxygens (including phenoxy) is 2. The molecule has 0 spiro atoms. The molecule has 0 unspecified atom stereocenters. The second-order valence-corrected chi connectivity index (χ2v) is 9.94. The van der Waals surface area contributed by atoms with Crippen LogP contribution in [0.3, 0.4) is 0 Å². The van der Waals surface area contributed by atoms with Gasteiger partial charge in [0.25, 0.3) is 5.91 Å². The SMILES string of the molecule is COc1cc(C=NOCC(=O)NC23CC4CC(CC(C4)C2)C3)ccc1OCc1ccccc1. The van der Waals surface area contributed by atoms with Crippen molar-refractivity contribution in [2.75, 3.05) is 13.7 Å². The largest absolute Gasteiger partial charge is 0.493 e. The third-order valence-electron chi connectivity index (χ3n) is 7.34. The van der Waals surface area contributed by atoms with Crippen LogP contribution < -0.4 is 14.8 Å². The van der Waals surface area contributed by atoms with E-state index in [0.29, 0.717) is 18.1 Å². The highest BCUT2D eigenvalue weighted by Gasteiger charge is 2.51. The second kappa shape index (κ2) is 9.46. The van der Waals surface area contributed by atoms with E-state index in [4.69, 9.17) is 14.3 Å². The van der Waals surface area contributed by atoms with E-state index in [0.717, 1.165) is 48.1 Å². The first-order chi connectivity index (χ1) is 16.1. The van der Waals surface area contributed by atoms with Gasteiger partial charge in [0.15, 0.2) is 18.1 Å². The predicted octanol–water partition coefficient (Wildman–Crippen LogP) is 4.71. The average Bonchev–Trinajstić information content (AvgIpc) is 2.80. The van der Waals surface area contributed by atoms with Gasteiger partial charge in [0, 0.05) is 11.1 Å². The molecule has 33 heavy (non-hydrogen) atoms. The molecule has 174 valence electrons. The second-order valence-electron chi connectivity index (χ2n) is 9.94. The molecule has 6 heteroatoms. The molecule has 2 aromatic rings. The third-order valence-corrected chi connectivity index (χ3v) is 7.34. The van der Waals surface area contributed by atoms with Gasteiger partial charge in [-0.25, -0.2) is 0 Å². The molecule has 4 saturated carbocycles. The van der Waals surface area contributed by atoms with Crippen molar-refractivity contribution in [1.82, 2.24) is 5.32 Å². The van der Waals surface area contributed by atoms with Crippen LogP contribution in [0.5, 0.6) is 11.5 Å². The van der Waals surface area contributed by atoms with Crippen molar-refractivity contribution in [3.8, 4) is 11.5 Å². The molecule has 0 radical (unpaired) electrons. The Kier molecular flexibility index (Phi) is 6.25. The van der Waals surface area contributed by atoms with Crippen LogP contribution in [0, 0.1) is 17.8 Å². The van der Waals surface area contributed by atoms with Gasteiger partial charge in [-0.2, -0.15) is 0 Å². The number of amides is 1. The smallest absolute Gasteiger partial charge is 0.261 e. The van der Waals surface area contributed by atoms with Crippen LogP contribution >= 0.6 is 0 Å². The van der Waals surface area contributed by atoms with E-state index < -0.39 is 0 Å². The first kappa shape index (κ1) is 21.8. The number of rotatable bonds is 9. The van der Waals surface area contributed by atoms with E-state index in [-0.39, 0.29) is 18.1 Å². The molecule has 4 fully saturated rings. The highest BCUT2D eigenvalue weighted by molar-refractivity contribution is 5.81. The van der Waals surface area contributed by atoms with Crippen LogP contribution in [0.15, 0.2) is 53.7 Å². The standard InChI is InChI=1S/C27H32N2O4/c1-31-25-12-20(7-8-24(25)32-17-19-5-3-2-4-6-19)16-28-33-18-26(30)29-27-13-21-9-22(14-27)11-23(10-21)15-27/h2-8,12,16,21-23H,9-11,13-15,17-18H2,1H3,(H,29,30). The highest BCUT2D eigenvalue weighted by atomic mass is 16.6. The normalized spacial score (nSPS) is 27.5. The number of carbonyl (C=O) groups excluding carboxylic acids is 1. The van der Waals surface area contributed by atoms with Crippen LogP contribution in [-0.4, -0.2) is 31.4 Å². The van der Waals surface area contributed by atoms with Gasteiger partial charge in [0.2, 0.25) is 0 Å². The maximum atomic E-state index is 12.5. The molecule has 4 aliphatic carbocycles. The lowest BCUT2D eigenvalue weighted by atomic mass is 9.53. The zero-order valence-electron chi connectivity index (χ0n) is 19.2. The fraction of sp³-hybridized carbons (Fsp3) is 0.481. The van der Waals surface area contributed by atoms with E-state index in [1.165, 1.54) is 19.3 Å². The molecule has 0 heterocycles. The summed E-state index contributed by atoms with van der Waals surface area (Å²) < 4.78 is 11.3. The minimum absolute atomic E-state index is 0.00184. The van der Waals surface area contributed by atoms with Crippen molar-refractivity contribution in [1.29, 1.82) is 0 Å². The summed E-state index contributed by atoms with van der Waals surface area (Å²) in [6, 6.07) is 15.6. The van der Waals surface area contributed by atoms with Gasteiger partial charge >= 0.3 is 0 Å². The van der Waals surface area contributed by atoms with Gasteiger partial charge in [0.05, 0.1) is 13.3 Å². The fourth-order valence-corrected chi connectivity index (χ4v) is 6.41. The maximum absolute atomic E-state index is 12.5. The number of nitrogens with one attached hydrogen (secondary N) is 1. The Labute approximate surface area is 195 Å². The van der Waals surface area contributed by atoms with E-state index in [2.05, 4.69) is 10.5 Å². The molecular formula is C27H32N2O4. The van der Waals surface area contributed by atoms with E-state index in [1.807, 2.05) is 48.5 Å². The lowest BCUT2D eigenvalue weighted by Gasteiger charge is -2.56. The predicted molar refractivity (Wildman–Crippen MR) is 126 cm³/mol. The van der Waals surface area contributed by atoms with Crippen molar-refractivity contribution >= 4 is 12.1 Å². The van der Waals surface area contributed by atoms with Crippen LogP contribution in [0.2, 0.25) is 0 Å². The Morgan fingerprint density at radius 2 is 1.73 bits per heavy atom. The van der Waals surface area contributed by atoms with Crippen molar-refractivity contribution < 1.29 is 19.1 Å². The maximum Gasteiger partial charge on any atom is 0.261 e. The molecule has 0 aliphatic heterocycles. The quantitative estimate of drug-likeness (QED) is 0.446. The lowest BCUT2D eigenvalue weighted by molar-refractivity contribution is -0.131. The first-order valence-corrected chi connectivity index (χ1v) is 11.9. The molecule has 0 saturated heterocycles. The Morgan fingerprint density at radius 3 is 2.39 bits per heavy atom. The number of hydrogen-bond acceptors (Lipinski definition) is 5. The van der Waals surface area contributed by atoms with Gasteiger partial charge in [0.1, 0.15) is 6.61 Å². The number of nitrogens with zero attached hydrogens (tertiary/aromatic N) is 1. The number of oxime groups is 1. The Balaban J connectivity index is 1.11. The molecule has 0 atom stereocenters. The van der Waals surface area contributed by atoms with Gasteiger partial charge in [-0.05, 0) is 80.0 Å². The number of methoxy groups -OCH3 is 1. The minimum atomic E-state index is -0.0728. The first-order valence-electron chi connectivity index (χ1n) is 11.9. The number of benzene rings is 2. The van der Waals surface area contributed by atoms with Crippen molar-refractivity contribution in [2.45, 2.75) is 50.7 Å². The van der Waals surface area contributed by atoms with Gasteiger partial charge in [-0.3, -0.25) is 4.79 Å². The molecule has 6 rings (SSSR count). The van der Waals surface area contributed by atoms with E-state index >= 15 is 0 Å². The fourth-order valence-electron chi connectivity index (χ4n) is 6.41. The van der Waals surface area contributed by atoms with Crippen LogP contribution in [0.25, 0.3) is 0 Å². The van der Waals surface area contributed by atoms with Gasteiger partial charge in [-0.1, -0.05) is 35.5 Å². The monoisotopic (exact) mass is 448 g/mol. The lowest BCUT2D eigenvalue weighted by Crippen LogP contribution is -2.60. The highest BCUT2D eigenvalue weighted by Crippen LogP contribution is 2.55. The van der Waals surface area contributed by atoms with E-state index in [9.17, 15) is 4.79 Å². The molecule has 2 aromatic carbocycles. The summed E-state index contributed by atoms with van der Waals surface area (Å²) in [5.41, 5.74) is 1.90. The summed E-state index contributed by atoms with van der Waals surface area (Å²) in [7, 11) is 1.61. The summed E-state index contributed by atoms with van der Waals surface area (Å²) in [6.07, 6.45) is 9.05. The molecule has 1 amide bonds. The summed E-state index contributed by atoms with van der Waals surface area (Å²) in [4.78, 5) is 17.8. The van der Waals surface area contributed by atoms with Crippen molar-refractivity contribution in [3.63, 3.8) is 0 Å². The molecule has 1 N–H and O–H groups in total. The Hall–Kier alpha value is -3.02. The van der Waals surface area contributed by atoms with Crippen molar-refractivity contribution in [3.05, 3.63) is 59.7 Å². The Morgan fingerprint density at radius 1 is 1.03 bits per heavy atom. The number of hydrogen-bond donors (Lipinski definition) is 1. The topological polar surface area (TPSA) is 69.2 Å². The summed E-state index contributed by atoms with van der Waals surface area (Å²) in [5, 5.41) is 7.29. The average molecular weight is 449 g/mol. The minimum Gasteiger partial charge on any atom is -0.493 e. The van der Waals surface area contributed by atoms with Crippen LogP contribution in [0.1, 0.15) is 49.7 Å².